The molecule has 0 aliphatic carbocycles. The predicted molar refractivity (Wildman–Crippen MR) is 88.6 cm³/mol. The van der Waals surface area contributed by atoms with E-state index in [1.165, 1.54) is 0 Å². The van der Waals surface area contributed by atoms with E-state index in [2.05, 4.69) is 11.0 Å². The van der Waals surface area contributed by atoms with Crippen LogP contribution in [0.1, 0.15) is 26.3 Å². The third-order valence-corrected chi connectivity index (χ3v) is 3.28. The maximum Gasteiger partial charge on any atom is 0.333 e. The summed E-state index contributed by atoms with van der Waals surface area (Å²) in [7, 11) is 1.54. The van der Waals surface area contributed by atoms with Gasteiger partial charge in [-0.05, 0) is 45.4 Å². The molecule has 0 saturated carbocycles. The summed E-state index contributed by atoms with van der Waals surface area (Å²) in [5.74, 6) is -0.511. The first-order chi connectivity index (χ1) is 11.3. The zero-order valence-corrected chi connectivity index (χ0v) is 14.6. The fourth-order valence-corrected chi connectivity index (χ4v) is 1.61. The maximum atomic E-state index is 11.6. The number of ether oxygens (including phenoxy) is 1. The zero-order valence-electron chi connectivity index (χ0n) is 14.6. The maximum absolute atomic E-state index is 11.6. The number of rotatable bonds is 10. The van der Waals surface area contributed by atoms with Crippen molar-refractivity contribution in [1.29, 1.82) is 0 Å². The van der Waals surface area contributed by atoms with Crippen LogP contribution in [0.25, 0.3) is 0 Å². The van der Waals surface area contributed by atoms with E-state index in [-0.39, 0.29) is 6.61 Å². The lowest BCUT2D eigenvalue weighted by Crippen LogP contribution is -2.54. The zero-order chi connectivity index (χ0) is 18.1. The highest BCUT2D eigenvalue weighted by Crippen LogP contribution is 2.14. The van der Waals surface area contributed by atoms with Gasteiger partial charge in [0.1, 0.15) is 0 Å². The lowest BCUT2D eigenvalue weighted by Gasteiger charge is -2.27. The highest BCUT2D eigenvalue weighted by atomic mass is 16.9. The number of carbonyl (C=O) groups is 2. The Morgan fingerprint density at radius 2 is 1.88 bits per heavy atom. The van der Waals surface area contributed by atoms with Crippen molar-refractivity contribution in [3.63, 3.8) is 0 Å². The molecular formula is C17H26N2O5. The summed E-state index contributed by atoms with van der Waals surface area (Å²) in [6.45, 7) is 5.49. The van der Waals surface area contributed by atoms with Gasteiger partial charge in [-0.3, -0.25) is 10.1 Å². The fourth-order valence-electron chi connectivity index (χ4n) is 1.61. The molecule has 1 rings (SSSR count). The van der Waals surface area contributed by atoms with Crippen LogP contribution in [-0.4, -0.2) is 38.2 Å². The molecule has 2 N–H and O–H groups in total. The fraction of sp³-hybridized carbons (Fsp3) is 0.529. The van der Waals surface area contributed by atoms with Crippen LogP contribution in [0.15, 0.2) is 30.3 Å². The highest BCUT2D eigenvalue weighted by Gasteiger charge is 2.32. The predicted octanol–water partition coefficient (Wildman–Crippen LogP) is 1.39. The molecule has 0 spiro atoms. The van der Waals surface area contributed by atoms with Gasteiger partial charge in [0.2, 0.25) is 5.72 Å². The van der Waals surface area contributed by atoms with Crippen molar-refractivity contribution in [2.45, 2.75) is 32.9 Å². The number of benzene rings is 1. The van der Waals surface area contributed by atoms with E-state index >= 15 is 0 Å². The largest absolute Gasteiger partial charge is 0.376 e. The average molecular weight is 338 g/mol. The number of aldehydes is 1. The SMILES string of the molecule is CNC(C=O)(COCCc1ccccc1)ONOC(=O)C(C)(C)C. The summed E-state index contributed by atoms with van der Waals surface area (Å²) >= 11 is 0. The van der Waals surface area contributed by atoms with Crippen molar-refractivity contribution < 1.29 is 24.0 Å². The van der Waals surface area contributed by atoms with Crippen LogP contribution in [0.5, 0.6) is 0 Å². The van der Waals surface area contributed by atoms with Gasteiger partial charge in [-0.2, -0.15) is 0 Å². The van der Waals surface area contributed by atoms with Gasteiger partial charge in [0, 0.05) is 0 Å². The summed E-state index contributed by atoms with van der Waals surface area (Å²) in [6.07, 6.45) is 1.26. The minimum Gasteiger partial charge on any atom is -0.376 e. The Hall–Kier alpha value is -1.80. The van der Waals surface area contributed by atoms with Crippen LogP contribution in [0, 0.1) is 5.41 Å². The van der Waals surface area contributed by atoms with Crippen LogP contribution in [-0.2, 0) is 30.4 Å². The van der Waals surface area contributed by atoms with E-state index in [1.54, 1.807) is 27.8 Å². The second kappa shape index (κ2) is 9.48. The number of likely N-dealkylation sites (N-methyl/N-ethyl adjacent to an activating group) is 1. The van der Waals surface area contributed by atoms with Crippen molar-refractivity contribution in [1.82, 2.24) is 11.0 Å². The lowest BCUT2D eigenvalue weighted by molar-refractivity contribution is -0.246. The first kappa shape index (κ1) is 20.2. The monoisotopic (exact) mass is 338 g/mol. The molecule has 134 valence electrons. The molecule has 7 heteroatoms. The van der Waals surface area contributed by atoms with Crippen molar-refractivity contribution >= 4 is 12.3 Å². The summed E-state index contributed by atoms with van der Waals surface area (Å²) in [4.78, 5) is 32.9. The van der Waals surface area contributed by atoms with Gasteiger partial charge < -0.3 is 9.57 Å². The summed E-state index contributed by atoms with van der Waals surface area (Å²) in [6, 6.07) is 9.85. The van der Waals surface area contributed by atoms with Crippen LogP contribution in [0.3, 0.4) is 0 Å². The first-order valence-electron chi connectivity index (χ1n) is 7.74. The van der Waals surface area contributed by atoms with E-state index in [1.807, 2.05) is 30.3 Å². The Morgan fingerprint density at radius 1 is 1.21 bits per heavy atom. The molecule has 7 nitrogen and oxygen atoms in total. The molecule has 1 unspecified atom stereocenters. The van der Waals surface area contributed by atoms with E-state index in [0.29, 0.717) is 19.3 Å². The normalized spacial score (nSPS) is 14.0. The molecule has 0 amide bonds. The Kier molecular flexibility index (Phi) is 8.00. The topological polar surface area (TPSA) is 85.9 Å². The highest BCUT2D eigenvalue weighted by molar-refractivity contribution is 5.75. The molecule has 0 aliphatic heterocycles. The van der Waals surface area contributed by atoms with Crippen molar-refractivity contribution in [3.05, 3.63) is 35.9 Å². The van der Waals surface area contributed by atoms with Gasteiger partial charge in [0.15, 0.2) is 6.29 Å². The average Bonchev–Trinajstić information content (AvgIpc) is 2.57. The molecule has 0 fully saturated rings. The standard InChI is InChI=1S/C17H26N2O5/c1-16(2,3)15(21)23-19-24-17(12-20,18-4)13-22-11-10-14-8-6-5-7-9-14/h5-9,12,18-19H,10-11,13H2,1-4H3. The number of hydrogen-bond donors (Lipinski definition) is 2. The second-order valence-corrected chi connectivity index (χ2v) is 6.37. The molecule has 0 saturated heterocycles. The van der Waals surface area contributed by atoms with Gasteiger partial charge in [-0.1, -0.05) is 30.3 Å². The number of hydrogen-bond acceptors (Lipinski definition) is 7. The lowest BCUT2D eigenvalue weighted by atomic mass is 9.98. The van der Waals surface area contributed by atoms with Crippen LogP contribution >= 0.6 is 0 Å². The smallest absolute Gasteiger partial charge is 0.333 e. The minimum absolute atomic E-state index is 0.0418. The Balaban J connectivity index is 2.40. The van der Waals surface area contributed by atoms with E-state index < -0.39 is 17.1 Å². The van der Waals surface area contributed by atoms with Gasteiger partial charge >= 0.3 is 5.97 Å². The molecule has 1 aromatic rings. The van der Waals surface area contributed by atoms with E-state index in [9.17, 15) is 9.59 Å². The molecule has 0 radical (unpaired) electrons. The molecule has 0 heterocycles. The molecule has 24 heavy (non-hydrogen) atoms. The molecule has 0 aromatic heterocycles. The quantitative estimate of drug-likeness (QED) is 0.288. The van der Waals surface area contributed by atoms with Crippen LogP contribution in [0.4, 0.5) is 0 Å². The minimum atomic E-state index is -1.45. The van der Waals surface area contributed by atoms with Crippen LogP contribution in [0.2, 0.25) is 0 Å². The molecule has 0 aliphatic rings. The third kappa shape index (κ3) is 6.76. The summed E-state index contributed by atoms with van der Waals surface area (Å²) in [5, 5.41) is 2.71. The number of carbonyl (C=O) groups excluding carboxylic acids is 2. The van der Waals surface area contributed by atoms with Gasteiger partial charge in [0.05, 0.1) is 18.6 Å². The first-order valence-corrected chi connectivity index (χ1v) is 7.74. The third-order valence-electron chi connectivity index (χ3n) is 3.28. The second-order valence-electron chi connectivity index (χ2n) is 6.37. The van der Waals surface area contributed by atoms with E-state index in [4.69, 9.17) is 14.4 Å². The van der Waals surface area contributed by atoms with Crippen LogP contribution < -0.4 is 11.0 Å². The summed E-state index contributed by atoms with van der Waals surface area (Å²) in [5.41, 5.74) is 1.07. The molecule has 1 aromatic carbocycles. The molecular weight excluding hydrogens is 312 g/mol. The van der Waals surface area contributed by atoms with Crippen molar-refractivity contribution in [2.75, 3.05) is 20.3 Å². The van der Waals surface area contributed by atoms with Crippen molar-refractivity contribution in [2.24, 2.45) is 5.41 Å². The molecule has 0 bridgehead atoms. The van der Waals surface area contributed by atoms with Gasteiger partial charge in [0.25, 0.3) is 0 Å². The van der Waals surface area contributed by atoms with Crippen molar-refractivity contribution in [3.8, 4) is 0 Å². The Morgan fingerprint density at radius 3 is 2.42 bits per heavy atom. The van der Waals surface area contributed by atoms with Gasteiger partial charge in [-0.15, -0.1) is 0 Å². The summed E-state index contributed by atoms with van der Waals surface area (Å²) < 4.78 is 5.51. The Bertz CT molecular complexity index is 515. The number of nitrogens with one attached hydrogen (secondary N) is 2. The molecule has 1 atom stereocenters. The van der Waals surface area contributed by atoms with E-state index in [0.717, 1.165) is 5.56 Å². The van der Waals surface area contributed by atoms with Gasteiger partial charge in [-0.25, -0.2) is 9.63 Å². The Labute approximate surface area is 142 Å².